The zero-order valence-corrected chi connectivity index (χ0v) is 11.2. The molecule has 0 aliphatic rings. The Bertz CT molecular complexity index is 496. The number of rotatable bonds is 4. The Labute approximate surface area is 111 Å². The first-order chi connectivity index (χ1) is 8.69. The summed E-state index contributed by atoms with van der Waals surface area (Å²) in [5, 5.41) is 3.33. The summed E-state index contributed by atoms with van der Waals surface area (Å²) in [6.45, 7) is 2.00. The van der Waals surface area contributed by atoms with Crippen LogP contribution in [0.4, 0.5) is 10.1 Å². The summed E-state index contributed by atoms with van der Waals surface area (Å²) in [6, 6.07) is 11.4. The van der Waals surface area contributed by atoms with Crippen LogP contribution in [0, 0.1) is 5.82 Å². The van der Waals surface area contributed by atoms with E-state index in [0.29, 0.717) is 0 Å². The molecule has 2 rings (SSSR count). The maximum absolute atomic E-state index is 12.8. The highest BCUT2D eigenvalue weighted by Gasteiger charge is 2.06. The molecule has 1 unspecified atom stereocenters. The highest BCUT2D eigenvalue weighted by Crippen LogP contribution is 2.21. The van der Waals surface area contributed by atoms with Gasteiger partial charge >= 0.3 is 0 Å². The maximum atomic E-state index is 12.8. The van der Waals surface area contributed by atoms with Gasteiger partial charge in [-0.05, 0) is 49.6 Å². The number of nitrogens with zero attached hydrogens (tertiary/aromatic N) is 1. The minimum atomic E-state index is -0.310. The molecule has 1 aromatic carbocycles. The molecule has 0 aliphatic carbocycles. The van der Waals surface area contributed by atoms with Gasteiger partial charge in [0.15, 0.2) is 0 Å². The van der Waals surface area contributed by atoms with E-state index >= 15 is 0 Å². The molecule has 4 heteroatoms. The Morgan fingerprint density at radius 3 is 2.44 bits per heavy atom. The number of nitrogens with one attached hydrogen (secondary N) is 1. The van der Waals surface area contributed by atoms with Crippen LogP contribution in [0.3, 0.4) is 0 Å². The van der Waals surface area contributed by atoms with Gasteiger partial charge in [-0.3, -0.25) is 4.98 Å². The van der Waals surface area contributed by atoms with E-state index in [0.717, 1.165) is 11.4 Å². The van der Waals surface area contributed by atoms with Gasteiger partial charge in [0.05, 0.1) is 17.9 Å². The van der Waals surface area contributed by atoms with Crippen LogP contribution in [0.2, 0.25) is 0 Å². The highest BCUT2D eigenvalue weighted by molar-refractivity contribution is 7.98. The molecule has 18 heavy (non-hydrogen) atoms. The Morgan fingerprint density at radius 1 is 1.17 bits per heavy atom. The van der Waals surface area contributed by atoms with Gasteiger partial charge in [-0.1, -0.05) is 0 Å². The van der Waals surface area contributed by atoms with Gasteiger partial charge in [-0.15, -0.1) is 11.8 Å². The fraction of sp³-hybridized carbons (Fsp3) is 0.214. The van der Waals surface area contributed by atoms with Crippen LogP contribution in [-0.2, 0) is 0 Å². The molecule has 0 aliphatic heterocycles. The van der Waals surface area contributed by atoms with Crippen molar-refractivity contribution in [2.24, 2.45) is 0 Å². The van der Waals surface area contributed by atoms with E-state index in [1.807, 2.05) is 25.3 Å². The van der Waals surface area contributed by atoms with Crippen LogP contribution in [-0.4, -0.2) is 11.2 Å². The molecule has 0 saturated heterocycles. The lowest BCUT2D eigenvalue weighted by Crippen LogP contribution is -2.08. The normalized spacial score (nSPS) is 12.2. The molecule has 0 saturated carbocycles. The molecule has 1 aromatic heterocycles. The molecule has 0 spiro atoms. The van der Waals surface area contributed by atoms with Crippen molar-refractivity contribution in [3.05, 3.63) is 54.1 Å². The maximum Gasteiger partial charge on any atom is 0.141 e. The van der Waals surface area contributed by atoms with Gasteiger partial charge in [-0.25, -0.2) is 4.39 Å². The third-order valence-corrected chi connectivity index (χ3v) is 3.41. The lowest BCUT2D eigenvalue weighted by Gasteiger charge is -2.14. The first kappa shape index (κ1) is 12.9. The average Bonchev–Trinajstić information content (AvgIpc) is 2.40. The van der Waals surface area contributed by atoms with E-state index in [4.69, 9.17) is 0 Å². The summed E-state index contributed by atoms with van der Waals surface area (Å²) in [6.07, 6.45) is 3.29. The number of benzene rings is 1. The van der Waals surface area contributed by atoms with E-state index in [9.17, 15) is 4.39 Å². The van der Waals surface area contributed by atoms with E-state index in [1.165, 1.54) is 17.2 Å². The van der Waals surface area contributed by atoms with Gasteiger partial charge in [0, 0.05) is 10.6 Å². The summed E-state index contributed by atoms with van der Waals surface area (Å²) in [4.78, 5) is 5.30. The van der Waals surface area contributed by atoms with Crippen LogP contribution in [0.15, 0.2) is 47.5 Å². The quantitative estimate of drug-likeness (QED) is 0.839. The van der Waals surface area contributed by atoms with Crippen LogP contribution in [0.5, 0.6) is 0 Å². The summed E-state index contributed by atoms with van der Waals surface area (Å²) in [5.74, 6) is -0.310. The van der Waals surface area contributed by atoms with Crippen molar-refractivity contribution in [2.75, 3.05) is 11.6 Å². The van der Waals surface area contributed by atoms with E-state index in [2.05, 4.69) is 22.4 Å². The predicted octanol–water partition coefficient (Wildman–Crippen LogP) is 4.12. The monoisotopic (exact) mass is 262 g/mol. The molecule has 1 heterocycles. The minimum absolute atomic E-state index is 0.0470. The van der Waals surface area contributed by atoms with Crippen LogP contribution in [0.25, 0.3) is 0 Å². The second-order valence-corrected chi connectivity index (χ2v) is 4.88. The van der Waals surface area contributed by atoms with Gasteiger partial charge < -0.3 is 5.32 Å². The number of anilines is 1. The molecule has 94 valence electrons. The van der Waals surface area contributed by atoms with Crippen molar-refractivity contribution in [3.8, 4) is 0 Å². The summed E-state index contributed by atoms with van der Waals surface area (Å²) in [5.41, 5.74) is 1.86. The molecule has 2 aromatic rings. The largest absolute Gasteiger partial charge is 0.377 e. The van der Waals surface area contributed by atoms with Crippen LogP contribution in [0.1, 0.15) is 18.7 Å². The lowest BCUT2D eigenvalue weighted by molar-refractivity contribution is 0.617. The number of hydrogen-bond acceptors (Lipinski definition) is 3. The van der Waals surface area contributed by atoms with Gasteiger partial charge in [0.1, 0.15) is 5.82 Å². The van der Waals surface area contributed by atoms with Gasteiger partial charge in [0.25, 0.3) is 0 Å². The smallest absolute Gasteiger partial charge is 0.141 e. The molecular weight excluding hydrogens is 247 g/mol. The van der Waals surface area contributed by atoms with E-state index in [-0.39, 0.29) is 11.9 Å². The number of hydrogen-bond donors (Lipinski definition) is 1. The molecule has 0 amide bonds. The highest BCUT2D eigenvalue weighted by atomic mass is 32.2. The Hall–Kier alpha value is -1.55. The van der Waals surface area contributed by atoms with Crippen molar-refractivity contribution in [2.45, 2.75) is 17.9 Å². The Morgan fingerprint density at radius 2 is 1.89 bits per heavy atom. The average molecular weight is 262 g/mol. The van der Waals surface area contributed by atoms with E-state index in [1.54, 1.807) is 17.8 Å². The molecular formula is C14H15FN2S. The van der Waals surface area contributed by atoms with Crippen molar-refractivity contribution in [1.29, 1.82) is 0 Å². The third-order valence-electron chi connectivity index (χ3n) is 2.67. The molecule has 2 nitrogen and oxygen atoms in total. The second-order valence-electron chi connectivity index (χ2n) is 4.00. The fourth-order valence-corrected chi connectivity index (χ4v) is 2.06. The second kappa shape index (κ2) is 5.87. The fourth-order valence-electron chi connectivity index (χ4n) is 1.65. The third kappa shape index (κ3) is 3.23. The Kier molecular flexibility index (Phi) is 4.20. The zero-order valence-electron chi connectivity index (χ0n) is 10.4. The first-order valence-electron chi connectivity index (χ1n) is 5.71. The van der Waals surface area contributed by atoms with Crippen molar-refractivity contribution in [3.63, 3.8) is 0 Å². The topological polar surface area (TPSA) is 24.9 Å². The van der Waals surface area contributed by atoms with Crippen molar-refractivity contribution >= 4 is 17.4 Å². The molecule has 0 radical (unpaired) electrons. The van der Waals surface area contributed by atoms with Crippen molar-refractivity contribution in [1.82, 2.24) is 4.98 Å². The number of aromatic nitrogens is 1. The van der Waals surface area contributed by atoms with Gasteiger partial charge in [0.2, 0.25) is 0 Å². The lowest BCUT2D eigenvalue weighted by atomic mass is 10.2. The number of halogens is 1. The number of pyridine rings is 1. The SMILES string of the molecule is CSc1ccc(NC(C)c2ccc(F)cn2)cc1. The van der Waals surface area contributed by atoms with Crippen LogP contribution < -0.4 is 5.32 Å². The first-order valence-corrected chi connectivity index (χ1v) is 6.93. The van der Waals surface area contributed by atoms with Crippen LogP contribution >= 0.6 is 11.8 Å². The van der Waals surface area contributed by atoms with Gasteiger partial charge in [-0.2, -0.15) is 0 Å². The Balaban J connectivity index is 2.05. The molecule has 1 N–H and O–H groups in total. The summed E-state index contributed by atoms with van der Waals surface area (Å²) in [7, 11) is 0. The summed E-state index contributed by atoms with van der Waals surface area (Å²) >= 11 is 1.71. The number of thioether (sulfide) groups is 1. The zero-order chi connectivity index (χ0) is 13.0. The van der Waals surface area contributed by atoms with Crippen molar-refractivity contribution < 1.29 is 4.39 Å². The predicted molar refractivity (Wildman–Crippen MR) is 74.5 cm³/mol. The minimum Gasteiger partial charge on any atom is -0.377 e. The summed E-state index contributed by atoms with van der Waals surface area (Å²) < 4.78 is 12.8. The molecule has 0 bridgehead atoms. The standard InChI is InChI=1S/C14H15FN2S/c1-10(14-8-3-11(15)9-16-14)17-12-4-6-13(18-2)7-5-12/h3-10,17H,1-2H3. The van der Waals surface area contributed by atoms with E-state index < -0.39 is 0 Å². The molecule has 1 atom stereocenters. The molecule has 0 fully saturated rings.